The fraction of sp³-hybridized carbons (Fsp3) is 0.738. The van der Waals surface area contributed by atoms with Crippen LogP contribution in [0.15, 0.2) is 97.2 Å². The highest BCUT2D eigenvalue weighted by Gasteiger charge is 2.23. The topological polar surface area (TPSA) is 108 Å². The summed E-state index contributed by atoms with van der Waals surface area (Å²) in [5, 5.41) is 13.9. The smallest absolute Gasteiger partial charge is 0.268 e. The molecular weight excluding hydrogens is 936 g/mol. The minimum absolute atomic E-state index is 0.00999. The summed E-state index contributed by atoms with van der Waals surface area (Å²) >= 11 is 0. The molecule has 0 saturated carbocycles. The summed E-state index contributed by atoms with van der Waals surface area (Å²) in [5.74, 6) is -0.218. The minimum atomic E-state index is -4.61. The monoisotopic (exact) mass is 1050 g/mol. The quantitative estimate of drug-likeness (QED) is 0.0272. The molecule has 0 radical (unpaired) electrons. The third-order valence-electron chi connectivity index (χ3n) is 13.3. The van der Waals surface area contributed by atoms with Crippen LogP contribution in [0.25, 0.3) is 0 Å². The number of amides is 1. The Kier molecular flexibility index (Phi) is 53.3. The predicted octanol–water partition coefficient (Wildman–Crippen LogP) is 18.4. The second-order valence-corrected chi connectivity index (χ2v) is 23.1. The van der Waals surface area contributed by atoms with Crippen molar-refractivity contribution < 1.29 is 32.9 Å². The average Bonchev–Trinajstić information content (AvgIpc) is 3.36. The second-order valence-electron chi connectivity index (χ2n) is 21.7. The van der Waals surface area contributed by atoms with E-state index in [0.717, 1.165) is 103 Å². The van der Waals surface area contributed by atoms with Gasteiger partial charge in [0.1, 0.15) is 13.2 Å². The largest absolute Gasteiger partial charge is 0.756 e. The van der Waals surface area contributed by atoms with Crippen LogP contribution in [0.2, 0.25) is 0 Å². The van der Waals surface area contributed by atoms with Crippen LogP contribution in [0.4, 0.5) is 0 Å². The third kappa shape index (κ3) is 57.1. The first-order valence-electron chi connectivity index (χ1n) is 30.6. The van der Waals surface area contributed by atoms with E-state index in [4.69, 9.17) is 9.05 Å². The number of nitrogens with zero attached hydrogens (tertiary/aromatic N) is 1. The van der Waals surface area contributed by atoms with Crippen molar-refractivity contribution in [3.05, 3.63) is 97.2 Å². The number of phosphoric ester groups is 1. The van der Waals surface area contributed by atoms with Crippen molar-refractivity contribution in [2.24, 2.45) is 0 Å². The van der Waals surface area contributed by atoms with Crippen LogP contribution in [0, 0.1) is 0 Å². The molecule has 0 aromatic rings. The molecule has 1 amide bonds. The molecule has 428 valence electrons. The first-order chi connectivity index (χ1) is 36.0. The molecule has 3 unspecified atom stereocenters. The van der Waals surface area contributed by atoms with E-state index in [9.17, 15) is 19.4 Å². The lowest BCUT2D eigenvalue weighted by atomic mass is 10.0. The normalized spacial score (nSPS) is 14.5. The van der Waals surface area contributed by atoms with Crippen LogP contribution in [-0.2, 0) is 18.4 Å². The van der Waals surface area contributed by atoms with Crippen molar-refractivity contribution in [3.63, 3.8) is 0 Å². The van der Waals surface area contributed by atoms with Crippen molar-refractivity contribution in [2.45, 2.75) is 270 Å². The number of aliphatic hydroxyl groups excluding tert-OH is 1. The number of nitrogens with one attached hydrogen (secondary N) is 1. The molecule has 0 rings (SSSR count). The number of aliphatic hydroxyl groups is 1. The van der Waals surface area contributed by atoms with Gasteiger partial charge in [0.05, 0.1) is 39.9 Å². The van der Waals surface area contributed by atoms with Crippen LogP contribution >= 0.6 is 7.82 Å². The van der Waals surface area contributed by atoms with E-state index in [1.165, 1.54) is 135 Å². The van der Waals surface area contributed by atoms with Gasteiger partial charge in [-0.1, -0.05) is 272 Å². The average molecular weight is 1050 g/mol. The van der Waals surface area contributed by atoms with E-state index in [1.54, 1.807) is 6.08 Å². The molecule has 0 aliphatic carbocycles. The molecule has 9 heteroatoms. The molecule has 0 heterocycles. The Morgan fingerprint density at radius 2 is 0.824 bits per heavy atom. The number of carbonyl (C=O) groups is 1. The van der Waals surface area contributed by atoms with E-state index in [-0.39, 0.29) is 12.5 Å². The van der Waals surface area contributed by atoms with E-state index >= 15 is 0 Å². The van der Waals surface area contributed by atoms with Crippen LogP contribution in [0.3, 0.4) is 0 Å². The van der Waals surface area contributed by atoms with Gasteiger partial charge in [-0.3, -0.25) is 9.36 Å². The first kappa shape index (κ1) is 71.4. The highest BCUT2D eigenvalue weighted by molar-refractivity contribution is 7.45. The molecule has 0 aromatic heterocycles. The highest BCUT2D eigenvalue weighted by Crippen LogP contribution is 2.38. The lowest BCUT2D eigenvalue weighted by Crippen LogP contribution is -2.45. The zero-order valence-corrected chi connectivity index (χ0v) is 49.7. The summed E-state index contributed by atoms with van der Waals surface area (Å²) in [4.78, 5) is 25.5. The lowest BCUT2D eigenvalue weighted by molar-refractivity contribution is -0.870. The first-order valence-corrected chi connectivity index (χ1v) is 32.1. The van der Waals surface area contributed by atoms with Gasteiger partial charge < -0.3 is 28.8 Å². The number of phosphoric acid groups is 1. The summed E-state index contributed by atoms with van der Waals surface area (Å²) in [6, 6.07) is -0.905. The minimum Gasteiger partial charge on any atom is -0.756 e. The third-order valence-corrected chi connectivity index (χ3v) is 14.3. The van der Waals surface area contributed by atoms with Crippen LogP contribution in [0.1, 0.15) is 258 Å². The van der Waals surface area contributed by atoms with Gasteiger partial charge in [0.25, 0.3) is 7.82 Å². The number of unbranched alkanes of at least 4 members (excludes halogenated alkanes) is 28. The zero-order valence-electron chi connectivity index (χ0n) is 48.8. The summed E-state index contributed by atoms with van der Waals surface area (Å²) in [7, 11) is 1.24. The van der Waals surface area contributed by atoms with E-state index in [2.05, 4.69) is 104 Å². The summed E-state index contributed by atoms with van der Waals surface area (Å²) < 4.78 is 23.4. The maximum atomic E-state index is 13.0. The van der Waals surface area contributed by atoms with Gasteiger partial charge >= 0.3 is 0 Å². The summed E-state index contributed by atoms with van der Waals surface area (Å²) in [6.07, 6.45) is 79.2. The summed E-state index contributed by atoms with van der Waals surface area (Å²) in [5.41, 5.74) is 0. The predicted molar refractivity (Wildman–Crippen MR) is 320 cm³/mol. The van der Waals surface area contributed by atoms with Crippen molar-refractivity contribution in [2.75, 3.05) is 40.9 Å². The Morgan fingerprint density at radius 3 is 1.20 bits per heavy atom. The summed E-state index contributed by atoms with van der Waals surface area (Å²) in [6.45, 7) is 4.53. The number of hydrogen-bond acceptors (Lipinski definition) is 6. The van der Waals surface area contributed by atoms with Crippen molar-refractivity contribution in [1.82, 2.24) is 5.32 Å². The second kappa shape index (κ2) is 55.2. The van der Waals surface area contributed by atoms with Crippen LogP contribution in [0.5, 0.6) is 0 Å². The van der Waals surface area contributed by atoms with Crippen LogP contribution in [-0.4, -0.2) is 68.5 Å². The molecule has 0 bridgehead atoms. The lowest BCUT2D eigenvalue weighted by Gasteiger charge is -2.29. The SMILES string of the molecule is CC/C=C\C/C=C\C/C=C\C/C=C\C/C=C\C/C=C\C/C=C\CCCCCCCC(=O)NC(COP(=O)([O-])OCC[N+](C)(C)C)C(O)/C=C/CCCCCCCCCCCCCCCCCCCCCCCCC. The van der Waals surface area contributed by atoms with Gasteiger partial charge in [-0.15, -0.1) is 0 Å². The van der Waals surface area contributed by atoms with Gasteiger partial charge in [0, 0.05) is 6.42 Å². The van der Waals surface area contributed by atoms with Gasteiger partial charge in [-0.25, -0.2) is 0 Å². The maximum Gasteiger partial charge on any atom is 0.268 e. The standard InChI is InChI=1S/C65H117N2O6P/c1-6-8-10-12-14-16-18-20-22-24-26-28-30-32-33-35-37-39-41-43-45-47-49-51-53-55-57-59-65(69)66-63(62-73-74(70,71)72-61-60-67(3,4)5)64(68)58-56-54-52-50-48-46-44-42-40-38-36-34-31-29-27-25-23-21-19-17-15-13-11-9-7-2/h8,10,14,16,20,22,26,28,32-33,37,39,43,45,56,58,63-64,68H,6-7,9,11-13,15,17-19,21,23-25,27,29-31,34-36,38,40-42,44,46-55,57,59-62H2,1-5H3,(H-,66,69,70,71)/b10-8-,16-14-,22-20-,28-26-,33-32-,39-37-,45-43-,58-56+. The Balaban J connectivity index is 4.26. The molecule has 0 saturated heterocycles. The molecule has 0 aromatic carbocycles. The molecule has 3 atom stereocenters. The molecule has 0 fully saturated rings. The van der Waals surface area contributed by atoms with Gasteiger partial charge in [-0.05, 0) is 77.0 Å². The Morgan fingerprint density at radius 1 is 0.486 bits per heavy atom. The van der Waals surface area contributed by atoms with Gasteiger partial charge in [-0.2, -0.15) is 0 Å². The van der Waals surface area contributed by atoms with Crippen molar-refractivity contribution >= 4 is 13.7 Å². The Labute approximate surface area is 458 Å². The van der Waals surface area contributed by atoms with Crippen molar-refractivity contribution in [3.8, 4) is 0 Å². The molecule has 0 aliphatic rings. The number of rotatable bonds is 55. The fourth-order valence-corrected chi connectivity index (χ4v) is 9.27. The number of likely N-dealkylation sites (N-methyl/N-ethyl adjacent to an activating group) is 1. The molecule has 0 spiro atoms. The molecule has 8 nitrogen and oxygen atoms in total. The number of carbonyl (C=O) groups excluding carboxylic acids is 1. The van der Waals surface area contributed by atoms with Gasteiger partial charge in [0.15, 0.2) is 0 Å². The fourth-order valence-electron chi connectivity index (χ4n) is 8.55. The van der Waals surface area contributed by atoms with Crippen LogP contribution < -0.4 is 10.2 Å². The number of hydrogen-bond donors (Lipinski definition) is 2. The highest BCUT2D eigenvalue weighted by atomic mass is 31.2. The van der Waals surface area contributed by atoms with E-state index in [0.29, 0.717) is 17.4 Å². The number of quaternary nitrogens is 1. The molecule has 2 N–H and O–H groups in total. The maximum absolute atomic E-state index is 13.0. The molecular formula is C65H117N2O6P. The Bertz CT molecular complexity index is 1520. The Hall–Kier alpha value is -2.58. The number of allylic oxidation sites excluding steroid dienone is 15. The van der Waals surface area contributed by atoms with E-state index < -0.39 is 26.6 Å². The van der Waals surface area contributed by atoms with E-state index in [1.807, 2.05) is 27.2 Å². The zero-order chi connectivity index (χ0) is 54.2. The van der Waals surface area contributed by atoms with Crippen molar-refractivity contribution in [1.29, 1.82) is 0 Å². The molecule has 0 aliphatic heterocycles. The van der Waals surface area contributed by atoms with Gasteiger partial charge in [0.2, 0.25) is 5.91 Å². The molecule has 74 heavy (non-hydrogen) atoms.